The van der Waals surface area contributed by atoms with Crippen molar-refractivity contribution in [1.29, 1.82) is 0 Å². The number of pyridine rings is 1. The monoisotopic (exact) mass is 329 g/mol. The van der Waals surface area contributed by atoms with Crippen molar-refractivity contribution in [1.82, 2.24) is 14.8 Å². The highest BCUT2D eigenvalue weighted by atomic mass is 16.2. The molecule has 24 heavy (non-hydrogen) atoms. The Morgan fingerprint density at radius 3 is 2.88 bits per heavy atom. The second-order valence-corrected chi connectivity index (χ2v) is 7.80. The van der Waals surface area contributed by atoms with Gasteiger partial charge in [-0.05, 0) is 30.9 Å². The molecule has 0 radical (unpaired) electrons. The van der Waals surface area contributed by atoms with Gasteiger partial charge in [0.05, 0.1) is 12.2 Å². The third kappa shape index (κ3) is 3.45. The number of hydrogen-bond acceptors (Lipinski definition) is 3. The van der Waals surface area contributed by atoms with Gasteiger partial charge in [0.25, 0.3) is 0 Å². The molecule has 2 aliphatic rings. The molecular formula is C19H27N3O2. The van der Waals surface area contributed by atoms with Crippen LogP contribution in [0.25, 0.3) is 0 Å². The van der Waals surface area contributed by atoms with E-state index in [-0.39, 0.29) is 23.1 Å². The van der Waals surface area contributed by atoms with Gasteiger partial charge in [-0.25, -0.2) is 0 Å². The maximum absolute atomic E-state index is 12.7. The van der Waals surface area contributed by atoms with Crippen molar-refractivity contribution in [2.24, 2.45) is 17.3 Å². The zero-order chi connectivity index (χ0) is 17.3. The highest BCUT2D eigenvalue weighted by Gasteiger charge is 2.61. The SMILES string of the molecule is CC(C)CC(=O)N1CCC2(CC2C(=O)N(C)Cc2ccccn2)C1. The summed E-state index contributed by atoms with van der Waals surface area (Å²) in [6.45, 7) is 6.24. The lowest BCUT2D eigenvalue weighted by molar-refractivity contribution is -0.134. The van der Waals surface area contributed by atoms with E-state index in [0.717, 1.165) is 31.6 Å². The first-order chi connectivity index (χ1) is 11.4. The Labute approximate surface area is 144 Å². The summed E-state index contributed by atoms with van der Waals surface area (Å²) < 4.78 is 0. The molecule has 1 aromatic rings. The van der Waals surface area contributed by atoms with Crippen LogP contribution >= 0.6 is 0 Å². The molecule has 2 fully saturated rings. The molecular weight excluding hydrogens is 302 g/mol. The molecule has 1 saturated carbocycles. The molecule has 3 rings (SSSR count). The van der Waals surface area contributed by atoms with Crippen LogP contribution in [0.2, 0.25) is 0 Å². The highest BCUT2D eigenvalue weighted by Crippen LogP contribution is 2.59. The van der Waals surface area contributed by atoms with Gasteiger partial charge in [0, 0.05) is 44.1 Å². The summed E-state index contributed by atoms with van der Waals surface area (Å²) >= 11 is 0. The molecule has 0 bridgehead atoms. The van der Waals surface area contributed by atoms with Crippen molar-refractivity contribution in [2.45, 2.75) is 39.7 Å². The Hall–Kier alpha value is -1.91. The number of carbonyl (C=O) groups is 2. The summed E-state index contributed by atoms with van der Waals surface area (Å²) in [6.07, 6.45) is 4.24. The molecule has 0 N–H and O–H groups in total. The molecule has 1 aromatic heterocycles. The second-order valence-electron chi connectivity index (χ2n) is 7.80. The van der Waals surface area contributed by atoms with E-state index < -0.39 is 0 Å². The van der Waals surface area contributed by atoms with E-state index in [1.165, 1.54) is 0 Å². The van der Waals surface area contributed by atoms with Crippen molar-refractivity contribution in [3.05, 3.63) is 30.1 Å². The van der Waals surface area contributed by atoms with Crippen LogP contribution < -0.4 is 0 Å². The zero-order valence-corrected chi connectivity index (χ0v) is 14.9. The number of likely N-dealkylation sites (tertiary alicyclic amines) is 1. The number of nitrogens with zero attached hydrogens (tertiary/aromatic N) is 3. The largest absolute Gasteiger partial charge is 0.342 e. The first-order valence-corrected chi connectivity index (χ1v) is 8.84. The average molecular weight is 329 g/mol. The van der Waals surface area contributed by atoms with Gasteiger partial charge in [-0.2, -0.15) is 0 Å². The summed E-state index contributed by atoms with van der Waals surface area (Å²) in [4.78, 5) is 33.0. The minimum atomic E-state index is 0.0437. The number of carbonyl (C=O) groups excluding carboxylic acids is 2. The van der Waals surface area contributed by atoms with E-state index >= 15 is 0 Å². The average Bonchev–Trinajstić information content (AvgIpc) is 3.06. The minimum absolute atomic E-state index is 0.0437. The molecule has 1 saturated heterocycles. The van der Waals surface area contributed by atoms with Crippen LogP contribution in [0.3, 0.4) is 0 Å². The van der Waals surface area contributed by atoms with Gasteiger partial charge in [0.2, 0.25) is 11.8 Å². The standard InChI is InChI=1S/C19H27N3O2/c1-14(2)10-17(23)22-9-7-19(13-22)11-16(19)18(24)21(3)12-15-6-4-5-8-20-15/h4-6,8,14,16H,7,9-13H2,1-3H3. The summed E-state index contributed by atoms with van der Waals surface area (Å²) in [6, 6.07) is 5.76. The quantitative estimate of drug-likeness (QED) is 0.833. The minimum Gasteiger partial charge on any atom is -0.342 e. The third-order valence-corrected chi connectivity index (χ3v) is 5.31. The Morgan fingerprint density at radius 2 is 2.21 bits per heavy atom. The number of amides is 2. The van der Waals surface area contributed by atoms with Gasteiger partial charge >= 0.3 is 0 Å². The third-order valence-electron chi connectivity index (χ3n) is 5.31. The number of aromatic nitrogens is 1. The fraction of sp³-hybridized carbons (Fsp3) is 0.632. The van der Waals surface area contributed by atoms with Crippen LogP contribution in [0.5, 0.6) is 0 Å². The van der Waals surface area contributed by atoms with E-state index in [9.17, 15) is 9.59 Å². The molecule has 130 valence electrons. The van der Waals surface area contributed by atoms with Crippen LogP contribution in [-0.2, 0) is 16.1 Å². The van der Waals surface area contributed by atoms with Crippen molar-refractivity contribution in [2.75, 3.05) is 20.1 Å². The highest BCUT2D eigenvalue weighted by molar-refractivity contribution is 5.83. The molecule has 2 atom stereocenters. The molecule has 1 aliphatic carbocycles. The number of hydrogen-bond donors (Lipinski definition) is 0. The molecule has 2 heterocycles. The first kappa shape index (κ1) is 16.9. The van der Waals surface area contributed by atoms with Crippen LogP contribution in [0.4, 0.5) is 0 Å². The Kier molecular flexibility index (Phi) is 4.61. The lowest BCUT2D eigenvalue weighted by Gasteiger charge is -2.20. The van der Waals surface area contributed by atoms with Crippen molar-refractivity contribution < 1.29 is 9.59 Å². The normalized spacial score (nSPS) is 25.3. The second kappa shape index (κ2) is 6.54. The van der Waals surface area contributed by atoms with Gasteiger partial charge in [0.1, 0.15) is 0 Å². The molecule has 1 aliphatic heterocycles. The lowest BCUT2D eigenvalue weighted by Crippen LogP contribution is -2.32. The first-order valence-electron chi connectivity index (χ1n) is 8.84. The summed E-state index contributed by atoms with van der Waals surface area (Å²) in [5, 5.41) is 0. The van der Waals surface area contributed by atoms with Crippen LogP contribution in [0.1, 0.15) is 38.8 Å². The summed E-state index contributed by atoms with van der Waals surface area (Å²) in [5.74, 6) is 0.888. The van der Waals surface area contributed by atoms with Gasteiger partial charge < -0.3 is 9.80 Å². The van der Waals surface area contributed by atoms with E-state index in [0.29, 0.717) is 18.9 Å². The van der Waals surface area contributed by atoms with E-state index in [1.807, 2.05) is 30.1 Å². The summed E-state index contributed by atoms with van der Waals surface area (Å²) in [5.41, 5.74) is 0.949. The van der Waals surface area contributed by atoms with Crippen molar-refractivity contribution in [3.63, 3.8) is 0 Å². The van der Waals surface area contributed by atoms with Gasteiger partial charge in [-0.3, -0.25) is 14.6 Å². The molecule has 0 aromatic carbocycles. The van der Waals surface area contributed by atoms with Crippen molar-refractivity contribution in [3.8, 4) is 0 Å². The van der Waals surface area contributed by atoms with E-state index in [4.69, 9.17) is 0 Å². The van der Waals surface area contributed by atoms with Crippen molar-refractivity contribution >= 4 is 11.8 Å². The van der Waals surface area contributed by atoms with Crippen LogP contribution in [0, 0.1) is 17.3 Å². The maximum Gasteiger partial charge on any atom is 0.226 e. The van der Waals surface area contributed by atoms with E-state index in [1.54, 1.807) is 11.1 Å². The number of rotatable bonds is 5. The fourth-order valence-electron chi connectivity index (χ4n) is 3.81. The fourth-order valence-corrected chi connectivity index (χ4v) is 3.81. The molecule has 5 heteroatoms. The predicted molar refractivity (Wildman–Crippen MR) is 91.9 cm³/mol. The Balaban J connectivity index is 1.55. The lowest BCUT2D eigenvalue weighted by atomic mass is 10.0. The molecule has 1 spiro atoms. The zero-order valence-electron chi connectivity index (χ0n) is 14.9. The maximum atomic E-state index is 12.7. The Morgan fingerprint density at radius 1 is 1.42 bits per heavy atom. The van der Waals surface area contributed by atoms with Crippen LogP contribution in [0.15, 0.2) is 24.4 Å². The van der Waals surface area contributed by atoms with Gasteiger partial charge in [-0.1, -0.05) is 19.9 Å². The van der Waals surface area contributed by atoms with Gasteiger partial charge in [-0.15, -0.1) is 0 Å². The van der Waals surface area contributed by atoms with Gasteiger partial charge in [0.15, 0.2) is 0 Å². The molecule has 5 nitrogen and oxygen atoms in total. The molecule has 2 amide bonds. The smallest absolute Gasteiger partial charge is 0.226 e. The van der Waals surface area contributed by atoms with E-state index in [2.05, 4.69) is 18.8 Å². The van der Waals surface area contributed by atoms with Crippen LogP contribution in [-0.4, -0.2) is 46.7 Å². The topological polar surface area (TPSA) is 53.5 Å². The predicted octanol–water partition coefficient (Wildman–Crippen LogP) is 2.32. The molecule has 2 unspecified atom stereocenters. The summed E-state index contributed by atoms with van der Waals surface area (Å²) in [7, 11) is 1.85. The Bertz CT molecular complexity index is 616.